The average molecular weight is 399 g/mol. The minimum Gasteiger partial charge on any atom is -0.475 e. The van der Waals surface area contributed by atoms with Crippen molar-refractivity contribution in [1.29, 1.82) is 0 Å². The zero-order valence-corrected chi connectivity index (χ0v) is 15.5. The van der Waals surface area contributed by atoms with E-state index in [-0.39, 0.29) is 18.3 Å². The maximum absolute atomic E-state index is 13.1. The van der Waals surface area contributed by atoms with Crippen molar-refractivity contribution in [3.63, 3.8) is 0 Å². The fourth-order valence-electron chi connectivity index (χ4n) is 2.47. The van der Waals surface area contributed by atoms with Crippen LogP contribution in [-0.2, 0) is 0 Å². The normalized spacial score (nSPS) is 10.9. The highest BCUT2D eigenvalue weighted by atomic mass is 32.1. The first-order valence-corrected chi connectivity index (χ1v) is 9.07. The summed E-state index contributed by atoms with van der Waals surface area (Å²) in [5, 5.41) is 19.1. The summed E-state index contributed by atoms with van der Waals surface area (Å²) >= 11 is 1.05. The van der Waals surface area contributed by atoms with Crippen LogP contribution in [0.3, 0.4) is 0 Å². The average Bonchev–Trinajstić information content (AvgIpc) is 3.31. The Labute approximate surface area is 162 Å². The minimum absolute atomic E-state index is 0.226. The molecular formula is C17H14FN7O2S. The van der Waals surface area contributed by atoms with E-state index in [1.807, 2.05) is 0 Å². The summed E-state index contributed by atoms with van der Waals surface area (Å²) in [5.74, 6) is 0.250. The molecule has 0 radical (unpaired) electrons. The molecule has 4 aromatic rings. The Hall–Kier alpha value is -3.47. The summed E-state index contributed by atoms with van der Waals surface area (Å²) in [5.41, 5.74) is 1.81. The Morgan fingerprint density at radius 3 is 2.75 bits per heavy atom. The largest absolute Gasteiger partial charge is 0.475 e. The van der Waals surface area contributed by atoms with Gasteiger partial charge in [-0.1, -0.05) is 4.49 Å². The van der Waals surface area contributed by atoms with Crippen LogP contribution in [0.25, 0.3) is 17.0 Å². The van der Waals surface area contributed by atoms with Gasteiger partial charge in [-0.05, 0) is 48.8 Å². The molecule has 0 saturated heterocycles. The van der Waals surface area contributed by atoms with Crippen molar-refractivity contribution in [3.8, 4) is 17.3 Å². The van der Waals surface area contributed by atoms with Gasteiger partial charge in [0.05, 0.1) is 12.2 Å². The van der Waals surface area contributed by atoms with Crippen LogP contribution in [0.1, 0.15) is 15.4 Å². The molecule has 142 valence electrons. The highest BCUT2D eigenvalue weighted by molar-refractivity contribution is 7.07. The maximum Gasteiger partial charge on any atom is 0.265 e. The SMILES string of the molecule is Cc1nnsc1C(=O)NCCOc1ccc2nnc(-c3ccc(F)cc3)n2n1. The van der Waals surface area contributed by atoms with Crippen molar-refractivity contribution in [2.45, 2.75) is 6.92 Å². The molecule has 1 N–H and O–H groups in total. The fraction of sp³-hybridized carbons (Fsp3) is 0.176. The van der Waals surface area contributed by atoms with Crippen LogP contribution in [0.4, 0.5) is 4.39 Å². The Bertz CT molecular complexity index is 1130. The lowest BCUT2D eigenvalue weighted by molar-refractivity contribution is 0.0949. The van der Waals surface area contributed by atoms with Crippen LogP contribution in [-0.4, -0.2) is 48.5 Å². The van der Waals surface area contributed by atoms with E-state index in [1.54, 1.807) is 31.2 Å². The minimum atomic E-state index is -0.332. The Kier molecular flexibility index (Phi) is 4.89. The van der Waals surface area contributed by atoms with Crippen LogP contribution < -0.4 is 10.1 Å². The molecule has 0 aliphatic carbocycles. The number of nitrogens with one attached hydrogen (secondary N) is 1. The number of carbonyl (C=O) groups is 1. The zero-order chi connectivity index (χ0) is 19.5. The van der Waals surface area contributed by atoms with Gasteiger partial charge in [0.25, 0.3) is 5.91 Å². The molecule has 0 bridgehead atoms. The van der Waals surface area contributed by atoms with Crippen LogP contribution in [0.15, 0.2) is 36.4 Å². The smallest absolute Gasteiger partial charge is 0.265 e. The van der Waals surface area contributed by atoms with E-state index >= 15 is 0 Å². The highest BCUT2D eigenvalue weighted by Crippen LogP contribution is 2.19. The lowest BCUT2D eigenvalue weighted by Gasteiger charge is -2.07. The summed E-state index contributed by atoms with van der Waals surface area (Å²) < 4.78 is 24.0. The van der Waals surface area contributed by atoms with Gasteiger partial charge < -0.3 is 10.1 Å². The molecule has 0 aliphatic rings. The van der Waals surface area contributed by atoms with Gasteiger partial charge in [-0.2, -0.15) is 4.52 Å². The molecule has 11 heteroatoms. The molecule has 0 saturated carbocycles. The van der Waals surface area contributed by atoms with Crippen molar-refractivity contribution in [3.05, 3.63) is 52.8 Å². The molecule has 1 amide bonds. The van der Waals surface area contributed by atoms with Crippen LogP contribution in [0, 0.1) is 12.7 Å². The number of rotatable bonds is 6. The van der Waals surface area contributed by atoms with Gasteiger partial charge in [-0.3, -0.25) is 4.79 Å². The number of halogens is 1. The number of nitrogens with zero attached hydrogens (tertiary/aromatic N) is 6. The Morgan fingerprint density at radius 2 is 2.00 bits per heavy atom. The van der Waals surface area contributed by atoms with Crippen LogP contribution in [0.2, 0.25) is 0 Å². The monoisotopic (exact) mass is 399 g/mol. The van der Waals surface area contributed by atoms with Gasteiger partial charge in [-0.15, -0.1) is 20.4 Å². The summed E-state index contributed by atoms with van der Waals surface area (Å²) in [6.07, 6.45) is 0. The third-order valence-corrected chi connectivity index (χ3v) is 4.66. The van der Waals surface area contributed by atoms with Crippen molar-refractivity contribution >= 4 is 23.1 Å². The fourth-order valence-corrected chi connectivity index (χ4v) is 3.04. The number of aromatic nitrogens is 6. The van der Waals surface area contributed by atoms with Crippen molar-refractivity contribution in [1.82, 2.24) is 34.7 Å². The van der Waals surface area contributed by atoms with Crippen LogP contribution >= 0.6 is 11.5 Å². The van der Waals surface area contributed by atoms with Gasteiger partial charge in [-0.25, -0.2) is 4.39 Å². The summed E-state index contributed by atoms with van der Waals surface area (Å²) in [7, 11) is 0. The number of ether oxygens (including phenoxy) is 1. The second kappa shape index (κ2) is 7.64. The predicted octanol–water partition coefficient (Wildman–Crippen LogP) is 1.90. The standard InChI is InChI=1S/C17H14FN7O2S/c1-10-15(28-24-20-10)17(26)19-8-9-27-14-7-6-13-21-22-16(25(13)23-14)11-2-4-12(18)5-3-11/h2-7H,8-9H2,1H3,(H,19,26). The molecule has 0 atom stereocenters. The molecule has 0 fully saturated rings. The van der Waals surface area contributed by atoms with E-state index in [0.29, 0.717) is 40.0 Å². The van der Waals surface area contributed by atoms with E-state index in [0.717, 1.165) is 11.5 Å². The van der Waals surface area contributed by atoms with Gasteiger partial charge in [0.1, 0.15) is 17.3 Å². The Morgan fingerprint density at radius 1 is 1.18 bits per heavy atom. The van der Waals surface area contributed by atoms with E-state index in [2.05, 4.69) is 30.2 Å². The van der Waals surface area contributed by atoms with Gasteiger partial charge in [0.2, 0.25) is 5.88 Å². The Balaban J connectivity index is 1.42. The van der Waals surface area contributed by atoms with E-state index in [9.17, 15) is 9.18 Å². The van der Waals surface area contributed by atoms with Crippen molar-refractivity contribution < 1.29 is 13.9 Å². The van der Waals surface area contributed by atoms with Gasteiger partial charge in [0.15, 0.2) is 11.5 Å². The molecular weight excluding hydrogens is 385 g/mol. The lowest BCUT2D eigenvalue weighted by atomic mass is 10.2. The number of amides is 1. The first kappa shape index (κ1) is 17.9. The first-order valence-electron chi connectivity index (χ1n) is 8.30. The number of hydrogen-bond donors (Lipinski definition) is 1. The van der Waals surface area contributed by atoms with Crippen molar-refractivity contribution in [2.75, 3.05) is 13.2 Å². The number of benzene rings is 1. The molecule has 9 nitrogen and oxygen atoms in total. The molecule has 0 unspecified atom stereocenters. The van der Waals surface area contributed by atoms with Crippen molar-refractivity contribution in [2.24, 2.45) is 0 Å². The first-order chi connectivity index (χ1) is 13.6. The third-order valence-electron chi connectivity index (χ3n) is 3.84. The number of carbonyl (C=O) groups excluding carboxylic acids is 1. The lowest BCUT2D eigenvalue weighted by Crippen LogP contribution is -2.28. The van der Waals surface area contributed by atoms with Gasteiger partial charge >= 0.3 is 0 Å². The molecule has 0 spiro atoms. The second-order valence-corrected chi connectivity index (χ2v) is 6.52. The van der Waals surface area contributed by atoms with E-state index < -0.39 is 0 Å². The zero-order valence-electron chi connectivity index (χ0n) is 14.7. The summed E-state index contributed by atoms with van der Waals surface area (Å²) in [6, 6.07) is 9.28. The number of hydrogen-bond acceptors (Lipinski definition) is 8. The number of fused-ring (bicyclic) bond motifs is 1. The second-order valence-electron chi connectivity index (χ2n) is 5.76. The molecule has 4 rings (SSSR count). The summed E-state index contributed by atoms with van der Waals surface area (Å²) in [4.78, 5) is 12.5. The quantitative estimate of drug-likeness (QED) is 0.494. The maximum atomic E-state index is 13.1. The molecule has 1 aromatic carbocycles. The molecule has 3 aromatic heterocycles. The van der Waals surface area contributed by atoms with Crippen LogP contribution in [0.5, 0.6) is 5.88 Å². The predicted molar refractivity (Wildman–Crippen MR) is 98.7 cm³/mol. The van der Waals surface area contributed by atoms with E-state index in [1.165, 1.54) is 16.6 Å². The molecule has 28 heavy (non-hydrogen) atoms. The summed E-state index contributed by atoms with van der Waals surface area (Å²) in [6.45, 7) is 2.25. The highest BCUT2D eigenvalue weighted by Gasteiger charge is 2.13. The number of aryl methyl sites for hydroxylation is 1. The third kappa shape index (κ3) is 3.64. The van der Waals surface area contributed by atoms with E-state index in [4.69, 9.17) is 4.74 Å². The molecule has 0 aliphatic heterocycles. The van der Waals surface area contributed by atoms with Gasteiger partial charge in [0, 0.05) is 11.6 Å². The topological polar surface area (TPSA) is 107 Å². The molecule has 3 heterocycles.